The van der Waals surface area contributed by atoms with Crippen LogP contribution in [0, 0.1) is 0 Å². The van der Waals surface area contributed by atoms with Gasteiger partial charge in [0.1, 0.15) is 11.5 Å². The van der Waals surface area contributed by atoms with E-state index in [1.54, 1.807) is 14.2 Å². The SMILES string of the molecule is COc1ccc(C2(CN)C=CC(C(=O)C3=CCC(CN)(c4ccc(OC)cc4)C=C3)=CC2)cc1. The third kappa shape index (κ3) is 4.37. The molecule has 0 aromatic heterocycles. The summed E-state index contributed by atoms with van der Waals surface area (Å²) >= 11 is 0. The Labute approximate surface area is 201 Å². The van der Waals surface area contributed by atoms with Crippen molar-refractivity contribution in [1.29, 1.82) is 0 Å². The summed E-state index contributed by atoms with van der Waals surface area (Å²) < 4.78 is 10.5. The molecule has 0 fully saturated rings. The van der Waals surface area contributed by atoms with Crippen LogP contribution in [0.3, 0.4) is 0 Å². The number of Topliss-reactive ketones (excluding diaryl/α,β-unsaturated/α-hetero) is 1. The van der Waals surface area contributed by atoms with Gasteiger partial charge in [-0.15, -0.1) is 0 Å². The van der Waals surface area contributed by atoms with Crippen LogP contribution in [0.25, 0.3) is 0 Å². The largest absolute Gasteiger partial charge is 0.497 e. The molecule has 0 bridgehead atoms. The molecule has 0 spiro atoms. The van der Waals surface area contributed by atoms with Gasteiger partial charge in [-0.2, -0.15) is 0 Å². The Morgan fingerprint density at radius 3 is 1.38 bits per heavy atom. The van der Waals surface area contributed by atoms with Gasteiger partial charge in [0.05, 0.1) is 14.2 Å². The van der Waals surface area contributed by atoms with Crippen molar-refractivity contribution in [2.75, 3.05) is 27.3 Å². The van der Waals surface area contributed by atoms with Crippen molar-refractivity contribution < 1.29 is 14.3 Å². The quantitative estimate of drug-likeness (QED) is 0.623. The van der Waals surface area contributed by atoms with Gasteiger partial charge in [-0.25, -0.2) is 0 Å². The van der Waals surface area contributed by atoms with E-state index in [1.807, 2.05) is 72.8 Å². The van der Waals surface area contributed by atoms with Crippen LogP contribution in [0.5, 0.6) is 11.5 Å². The van der Waals surface area contributed by atoms with Crippen molar-refractivity contribution >= 4 is 5.78 Å². The first kappa shape index (κ1) is 23.7. The van der Waals surface area contributed by atoms with E-state index >= 15 is 0 Å². The van der Waals surface area contributed by atoms with E-state index in [1.165, 1.54) is 0 Å². The van der Waals surface area contributed by atoms with Gasteiger partial charge < -0.3 is 20.9 Å². The lowest BCUT2D eigenvalue weighted by molar-refractivity contribution is -0.111. The van der Waals surface area contributed by atoms with E-state index < -0.39 is 0 Å². The van der Waals surface area contributed by atoms with Gasteiger partial charge in [0, 0.05) is 35.1 Å². The molecule has 0 aliphatic heterocycles. The van der Waals surface area contributed by atoms with Crippen molar-refractivity contribution in [3.8, 4) is 11.5 Å². The Hall–Kier alpha value is -3.41. The number of benzene rings is 2. The number of carbonyl (C=O) groups is 1. The Bertz CT molecular complexity index is 1070. The molecule has 4 rings (SSSR count). The van der Waals surface area contributed by atoms with Gasteiger partial charge >= 0.3 is 0 Å². The van der Waals surface area contributed by atoms with Crippen molar-refractivity contribution in [1.82, 2.24) is 0 Å². The Kier molecular flexibility index (Phi) is 6.87. The second-order valence-corrected chi connectivity index (χ2v) is 8.90. The van der Waals surface area contributed by atoms with E-state index in [0.29, 0.717) is 37.1 Å². The van der Waals surface area contributed by atoms with Crippen LogP contribution >= 0.6 is 0 Å². The fourth-order valence-corrected chi connectivity index (χ4v) is 4.67. The lowest BCUT2D eigenvalue weighted by atomic mass is 9.72. The van der Waals surface area contributed by atoms with Crippen molar-refractivity contribution in [2.24, 2.45) is 11.5 Å². The lowest BCUT2D eigenvalue weighted by Gasteiger charge is -2.33. The van der Waals surface area contributed by atoms with Crippen molar-refractivity contribution in [3.05, 3.63) is 107 Å². The summed E-state index contributed by atoms with van der Waals surface area (Å²) in [6.07, 6.45) is 13.3. The Morgan fingerprint density at radius 1 is 0.735 bits per heavy atom. The average molecular weight is 457 g/mol. The molecule has 2 aliphatic carbocycles. The predicted molar refractivity (Wildman–Crippen MR) is 136 cm³/mol. The van der Waals surface area contributed by atoms with E-state index in [-0.39, 0.29) is 16.6 Å². The molecule has 2 atom stereocenters. The lowest BCUT2D eigenvalue weighted by Crippen LogP contribution is -2.35. The molecule has 0 radical (unpaired) electrons. The zero-order valence-electron chi connectivity index (χ0n) is 19.8. The normalized spacial score (nSPS) is 23.8. The second kappa shape index (κ2) is 9.84. The van der Waals surface area contributed by atoms with Gasteiger partial charge in [0.15, 0.2) is 5.78 Å². The minimum Gasteiger partial charge on any atom is -0.497 e. The minimum atomic E-state index is -0.324. The second-order valence-electron chi connectivity index (χ2n) is 8.90. The maximum Gasteiger partial charge on any atom is 0.192 e. The van der Waals surface area contributed by atoms with Crippen LogP contribution in [0.1, 0.15) is 24.0 Å². The van der Waals surface area contributed by atoms with Crippen LogP contribution in [0.2, 0.25) is 0 Å². The van der Waals surface area contributed by atoms with Gasteiger partial charge in [-0.3, -0.25) is 4.79 Å². The third-order valence-corrected chi connectivity index (χ3v) is 7.12. The Morgan fingerprint density at radius 2 is 1.12 bits per heavy atom. The number of methoxy groups -OCH3 is 2. The number of allylic oxidation sites excluding steroid dienone is 6. The molecule has 0 amide bonds. The first-order valence-corrected chi connectivity index (χ1v) is 11.5. The summed E-state index contributed by atoms with van der Waals surface area (Å²) in [5.74, 6) is 1.64. The van der Waals surface area contributed by atoms with Gasteiger partial charge in [-0.05, 0) is 48.2 Å². The van der Waals surface area contributed by atoms with E-state index in [0.717, 1.165) is 22.6 Å². The summed E-state index contributed by atoms with van der Waals surface area (Å²) in [4.78, 5) is 13.3. The fraction of sp³-hybridized carbons (Fsp3) is 0.276. The molecule has 0 saturated heterocycles. The summed E-state index contributed by atoms with van der Waals surface area (Å²) in [7, 11) is 3.30. The van der Waals surface area contributed by atoms with Gasteiger partial charge in [0.25, 0.3) is 0 Å². The molecular weight excluding hydrogens is 424 g/mol. The maximum atomic E-state index is 13.3. The van der Waals surface area contributed by atoms with Crippen molar-refractivity contribution in [3.63, 3.8) is 0 Å². The molecule has 34 heavy (non-hydrogen) atoms. The Balaban J connectivity index is 1.49. The highest BCUT2D eigenvalue weighted by Crippen LogP contribution is 2.37. The fourth-order valence-electron chi connectivity index (χ4n) is 4.67. The van der Waals surface area contributed by atoms with E-state index in [4.69, 9.17) is 20.9 Å². The highest BCUT2D eigenvalue weighted by Gasteiger charge is 2.33. The minimum absolute atomic E-state index is 0.0215. The molecule has 2 unspecified atom stereocenters. The molecule has 2 aliphatic rings. The average Bonchev–Trinajstić information content (AvgIpc) is 2.93. The van der Waals surface area contributed by atoms with Crippen LogP contribution in [-0.2, 0) is 15.6 Å². The van der Waals surface area contributed by atoms with Crippen LogP contribution in [-0.4, -0.2) is 33.1 Å². The van der Waals surface area contributed by atoms with Gasteiger partial charge in [0.2, 0.25) is 0 Å². The monoisotopic (exact) mass is 456 g/mol. The first-order chi connectivity index (χ1) is 16.5. The number of carbonyl (C=O) groups excluding carboxylic acids is 1. The summed E-state index contributed by atoms with van der Waals surface area (Å²) in [6.45, 7) is 0.911. The smallest absolute Gasteiger partial charge is 0.192 e. The standard InChI is InChI=1S/C29H32N2O3/c1-33-25-7-3-23(4-8-25)28(19-30)15-11-21(12-16-28)27(32)22-13-17-29(20-31,18-14-22)24-5-9-26(34-2)10-6-24/h3-15,17H,16,18-20,30-31H2,1-2H3. The topological polar surface area (TPSA) is 87.6 Å². The summed E-state index contributed by atoms with van der Waals surface area (Å²) in [5, 5.41) is 0. The molecule has 176 valence electrons. The number of rotatable bonds is 8. The third-order valence-electron chi connectivity index (χ3n) is 7.12. The first-order valence-electron chi connectivity index (χ1n) is 11.5. The maximum absolute atomic E-state index is 13.3. The van der Waals surface area contributed by atoms with Crippen LogP contribution < -0.4 is 20.9 Å². The number of ether oxygens (including phenoxy) is 2. The molecule has 4 N–H and O–H groups in total. The van der Waals surface area contributed by atoms with E-state index in [9.17, 15) is 4.79 Å². The number of hydrogen-bond acceptors (Lipinski definition) is 5. The molecule has 2 aromatic carbocycles. The number of nitrogens with two attached hydrogens (primary N) is 2. The molecule has 0 saturated carbocycles. The molecule has 5 nitrogen and oxygen atoms in total. The highest BCUT2D eigenvalue weighted by atomic mass is 16.5. The van der Waals surface area contributed by atoms with Crippen LogP contribution in [0.15, 0.2) is 96.1 Å². The number of hydrogen-bond donors (Lipinski definition) is 2. The summed E-state index contributed by atoms with van der Waals surface area (Å²) in [6, 6.07) is 15.9. The molecule has 2 aromatic rings. The molecule has 0 heterocycles. The number of ketones is 1. The zero-order valence-corrected chi connectivity index (χ0v) is 19.8. The molecular formula is C29H32N2O3. The van der Waals surface area contributed by atoms with Crippen molar-refractivity contribution in [2.45, 2.75) is 23.7 Å². The van der Waals surface area contributed by atoms with E-state index in [2.05, 4.69) is 12.2 Å². The zero-order chi connectivity index (χ0) is 24.2. The van der Waals surface area contributed by atoms with Gasteiger partial charge in [-0.1, -0.05) is 60.7 Å². The summed E-state index contributed by atoms with van der Waals surface area (Å²) in [5.41, 5.74) is 15.3. The highest BCUT2D eigenvalue weighted by molar-refractivity contribution is 6.12. The predicted octanol–water partition coefficient (Wildman–Crippen LogP) is 4.14. The molecule has 5 heteroatoms. The van der Waals surface area contributed by atoms with Crippen LogP contribution in [0.4, 0.5) is 0 Å².